The van der Waals surface area contributed by atoms with Gasteiger partial charge in [-0.15, -0.1) is 24.9 Å². The average molecular weight is 554 g/mol. The Morgan fingerprint density at radius 3 is 2.49 bits per heavy atom. The van der Waals surface area contributed by atoms with Crippen LogP contribution in [0, 0.1) is 11.8 Å². The Morgan fingerprint density at radius 2 is 1.87 bits per heavy atom. The van der Waals surface area contributed by atoms with Crippen molar-refractivity contribution in [3.8, 4) is 0 Å². The lowest BCUT2D eigenvalue weighted by Gasteiger charge is -2.39. The minimum Gasteiger partial charge on any atom is -0.394 e. The standard InChI is InChI=1S/C31H43N3O4S/c1-6-9-19-33(18-8-3)29(38)26-31-16-15-30(4,39-31)24(27(36)32(5)17-7-2)25(31)28(37)34(26)23(21-35)20-22-13-11-10-12-14-22/h7-8,10-14,23-26,35H,2-3,6,9,15-21H2,1,4-5H3/t23-,24-,25+,26?,30+,31?/m1/s1. The lowest BCUT2D eigenvalue weighted by Crippen LogP contribution is -2.58. The van der Waals surface area contributed by atoms with Gasteiger partial charge in [0, 0.05) is 31.4 Å². The molecule has 1 aromatic rings. The monoisotopic (exact) mass is 553 g/mol. The van der Waals surface area contributed by atoms with E-state index in [2.05, 4.69) is 27.0 Å². The molecule has 2 unspecified atom stereocenters. The number of nitrogens with zero attached hydrogens (tertiary/aromatic N) is 3. The fourth-order valence-electron chi connectivity index (χ4n) is 7.04. The number of rotatable bonds is 13. The molecule has 1 N–H and O–H groups in total. The number of likely N-dealkylation sites (tertiary alicyclic amines) is 1. The second-order valence-corrected chi connectivity index (χ2v) is 13.3. The van der Waals surface area contributed by atoms with E-state index < -0.39 is 33.4 Å². The number of benzene rings is 1. The van der Waals surface area contributed by atoms with Gasteiger partial charge in [0.1, 0.15) is 6.04 Å². The number of unbranched alkanes of at least 4 members (excludes halogenated alkanes) is 1. The molecule has 3 aliphatic heterocycles. The smallest absolute Gasteiger partial charge is 0.247 e. The van der Waals surface area contributed by atoms with E-state index in [-0.39, 0.29) is 24.3 Å². The van der Waals surface area contributed by atoms with Gasteiger partial charge in [-0.25, -0.2) is 0 Å². The number of aliphatic hydroxyl groups excluding tert-OH is 1. The fraction of sp³-hybridized carbons (Fsp3) is 0.581. The molecule has 0 aliphatic carbocycles. The number of carbonyl (C=O) groups excluding carboxylic acids is 3. The van der Waals surface area contributed by atoms with E-state index >= 15 is 0 Å². The Morgan fingerprint density at radius 1 is 1.18 bits per heavy atom. The van der Waals surface area contributed by atoms with Crippen molar-refractivity contribution in [2.75, 3.05) is 33.3 Å². The zero-order chi connectivity index (χ0) is 28.4. The van der Waals surface area contributed by atoms with Gasteiger partial charge in [-0.3, -0.25) is 14.4 Å². The van der Waals surface area contributed by atoms with Gasteiger partial charge in [0.25, 0.3) is 0 Å². The highest BCUT2D eigenvalue weighted by Crippen LogP contribution is 2.71. The zero-order valence-corrected chi connectivity index (χ0v) is 24.4. The van der Waals surface area contributed by atoms with Gasteiger partial charge in [-0.2, -0.15) is 0 Å². The van der Waals surface area contributed by atoms with Crippen molar-refractivity contribution in [3.63, 3.8) is 0 Å². The number of carbonyl (C=O) groups is 3. The first-order valence-corrected chi connectivity index (χ1v) is 14.9. The maximum absolute atomic E-state index is 14.5. The SMILES string of the molecule is C=CCN(C)C(=O)[C@H]1[C@H]2C(=O)N([C@@H](CO)Cc3ccccc3)C(C(=O)N(CC=C)CCCC)C23CC[C@]1(C)S3. The summed E-state index contributed by atoms with van der Waals surface area (Å²) in [5, 5.41) is 10.6. The maximum Gasteiger partial charge on any atom is 0.247 e. The highest BCUT2D eigenvalue weighted by molar-refractivity contribution is 8.02. The van der Waals surface area contributed by atoms with E-state index in [9.17, 15) is 19.5 Å². The molecule has 7 nitrogen and oxygen atoms in total. The topological polar surface area (TPSA) is 81.2 Å². The van der Waals surface area contributed by atoms with E-state index in [1.807, 2.05) is 35.2 Å². The van der Waals surface area contributed by atoms with E-state index in [0.29, 0.717) is 32.5 Å². The Hall–Kier alpha value is -2.58. The van der Waals surface area contributed by atoms with Gasteiger partial charge < -0.3 is 19.8 Å². The summed E-state index contributed by atoms with van der Waals surface area (Å²) in [6.07, 6.45) is 7.09. The largest absolute Gasteiger partial charge is 0.394 e. The van der Waals surface area contributed by atoms with Crippen molar-refractivity contribution in [1.82, 2.24) is 14.7 Å². The molecule has 3 fully saturated rings. The van der Waals surface area contributed by atoms with Crippen LogP contribution >= 0.6 is 11.8 Å². The molecule has 212 valence electrons. The number of likely N-dealkylation sites (N-methyl/N-ethyl adjacent to an activating group) is 1. The van der Waals surface area contributed by atoms with Gasteiger partial charge in [0.05, 0.1) is 29.2 Å². The minimum atomic E-state index is -0.748. The van der Waals surface area contributed by atoms with Crippen molar-refractivity contribution < 1.29 is 19.5 Å². The Labute approximate surface area is 237 Å². The molecule has 6 atom stereocenters. The van der Waals surface area contributed by atoms with Crippen LogP contribution in [0.3, 0.4) is 0 Å². The summed E-state index contributed by atoms with van der Waals surface area (Å²) in [6.45, 7) is 12.9. The summed E-state index contributed by atoms with van der Waals surface area (Å²) >= 11 is 1.67. The lowest BCUT2D eigenvalue weighted by atomic mass is 9.66. The maximum atomic E-state index is 14.5. The molecule has 3 amide bonds. The molecule has 0 radical (unpaired) electrons. The van der Waals surface area contributed by atoms with Crippen LogP contribution in [0.1, 0.15) is 45.1 Å². The number of amides is 3. The highest BCUT2D eigenvalue weighted by Gasteiger charge is 2.78. The summed E-state index contributed by atoms with van der Waals surface area (Å²) in [5.74, 6) is -1.51. The normalized spacial score (nSPS) is 29.7. The number of hydrogen-bond donors (Lipinski definition) is 1. The quantitative estimate of drug-likeness (QED) is 0.378. The van der Waals surface area contributed by atoms with Gasteiger partial charge in [-0.1, -0.05) is 55.8 Å². The first-order valence-electron chi connectivity index (χ1n) is 14.1. The predicted octanol–water partition coefficient (Wildman–Crippen LogP) is 3.53. The molecule has 1 aromatic carbocycles. The van der Waals surface area contributed by atoms with E-state index in [1.165, 1.54) is 0 Å². The van der Waals surface area contributed by atoms with Crippen LogP contribution in [0.25, 0.3) is 0 Å². The van der Waals surface area contributed by atoms with Gasteiger partial charge in [0.15, 0.2) is 0 Å². The molecular formula is C31H43N3O4S. The summed E-state index contributed by atoms with van der Waals surface area (Å²) in [7, 11) is 1.75. The number of aliphatic hydroxyl groups is 1. The Balaban J connectivity index is 1.81. The van der Waals surface area contributed by atoms with E-state index in [1.54, 1.807) is 40.8 Å². The van der Waals surface area contributed by atoms with Crippen LogP contribution in [0.2, 0.25) is 0 Å². The molecule has 3 aliphatic rings. The van der Waals surface area contributed by atoms with Crippen molar-refractivity contribution in [2.45, 2.75) is 67.5 Å². The Bertz CT molecular complexity index is 1100. The van der Waals surface area contributed by atoms with E-state index in [0.717, 1.165) is 24.8 Å². The molecule has 39 heavy (non-hydrogen) atoms. The van der Waals surface area contributed by atoms with Crippen LogP contribution in [-0.4, -0.2) is 92.4 Å². The molecule has 8 heteroatoms. The van der Waals surface area contributed by atoms with Crippen molar-refractivity contribution in [3.05, 3.63) is 61.2 Å². The summed E-state index contributed by atoms with van der Waals surface area (Å²) < 4.78 is -1.15. The van der Waals surface area contributed by atoms with Crippen molar-refractivity contribution >= 4 is 29.5 Å². The molecule has 0 saturated carbocycles. The number of fused-ring (bicyclic) bond motifs is 1. The van der Waals surface area contributed by atoms with Gasteiger partial charge >= 0.3 is 0 Å². The molecule has 3 saturated heterocycles. The Kier molecular flexibility index (Phi) is 8.96. The summed E-state index contributed by atoms with van der Waals surface area (Å²) in [5.41, 5.74) is 0.987. The third-order valence-corrected chi connectivity index (χ3v) is 10.8. The third-order valence-electron chi connectivity index (χ3n) is 8.85. The van der Waals surface area contributed by atoms with Gasteiger partial charge in [0.2, 0.25) is 17.7 Å². The van der Waals surface area contributed by atoms with Crippen LogP contribution in [0.5, 0.6) is 0 Å². The summed E-state index contributed by atoms with van der Waals surface area (Å²) in [4.78, 5) is 48.0. The van der Waals surface area contributed by atoms with Crippen molar-refractivity contribution in [1.29, 1.82) is 0 Å². The number of thioether (sulfide) groups is 1. The third kappa shape index (κ3) is 5.06. The van der Waals surface area contributed by atoms with Crippen LogP contribution in [0.15, 0.2) is 55.6 Å². The lowest BCUT2D eigenvalue weighted by molar-refractivity contribution is -0.147. The van der Waals surface area contributed by atoms with Crippen LogP contribution in [-0.2, 0) is 20.8 Å². The molecule has 4 rings (SSSR count). The first-order chi connectivity index (χ1) is 18.7. The predicted molar refractivity (Wildman–Crippen MR) is 156 cm³/mol. The number of hydrogen-bond acceptors (Lipinski definition) is 5. The zero-order valence-electron chi connectivity index (χ0n) is 23.6. The molecule has 3 heterocycles. The molecule has 1 spiro atoms. The minimum absolute atomic E-state index is 0.0737. The second kappa shape index (κ2) is 11.9. The first kappa shape index (κ1) is 29.4. The molecule has 0 aromatic heterocycles. The highest BCUT2D eigenvalue weighted by atomic mass is 32.2. The van der Waals surface area contributed by atoms with E-state index in [4.69, 9.17) is 0 Å². The second-order valence-electron chi connectivity index (χ2n) is 11.4. The van der Waals surface area contributed by atoms with Crippen LogP contribution in [0.4, 0.5) is 0 Å². The van der Waals surface area contributed by atoms with Gasteiger partial charge in [-0.05, 0) is 38.2 Å². The van der Waals surface area contributed by atoms with Crippen LogP contribution < -0.4 is 0 Å². The molecule has 2 bridgehead atoms. The molecular weight excluding hydrogens is 510 g/mol. The van der Waals surface area contributed by atoms with Crippen molar-refractivity contribution in [2.24, 2.45) is 11.8 Å². The average Bonchev–Trinajstić information content (AvgIpc) is 3.50. The summed E-state index contributed by atoms with van der Waals surface area (Å²) in [6, 6.07) is 8.43. The fourth-order valence-corrected chi connectivity index (χ4v) is 9.37.